The summed E-state index contributed by atoms with van der Waals surface area (Å²) in [7, 11) is 1.68. The third-order valence-electron chi connectivity index (χ3n) is 4.95. The third kappa shape index (κ3) is 2.48. The van der Waals surface area contributed by atoms with Gasteiger partial charge in [0, 0.05) is 16.5 Å². The lowest BCUT2D eigenvalue weighted by Crippen LogP contribution is -2.29. The van der Waals surface area contributed by atoms with Gasteiger partial charge in [-0.3, -0.25) is 0 Å². The van der Waals surface area contributed by atoms with Crippen LogP contribution in [0.5, 0.6) is 5.75 Å². The van der Waals surface area contributed by atoms with Gasteiger partial charge in [-0.05, 0) is 42.2 Å². The molecule has 2 aliphatic rings. The van der Waals surface area contributed by atoms with Gasteiger partial charge in [0.25, 0.3) is 0 Å². The number of ether oxygens (including phenoxy) is 1. The summed E-state index contributed by atoms with van der Waals surface area (Å²) in [5, 5.41) is 5.55. The van der Waals surface area contributed by atoms with Crippen LogP contribution < -0.4 is 10.1 Å². The Morgan fingerprint density at radius 1 is 1.04 bits per heavy atom. The van der Waals surface area contributed by atoms with Crippen molar-refractivity contribution in [3.05, 3.63) is 68.7 Å². The highest BCUT2D eigenvalue weighted by molar-refractivity contribution is 6.42. The summed E-state index contributed by atoms with van der Waals surface area (Å²) in [4.78, 5) is 0. The number of fused-ring (bicyclic) bond motifs is 3. The maximum atomic E-state index is 6.51. The predicted molar refractivity (Wildman–Crippen MR) is 101 cm³/mol. The zero-order chi connectivity index (χ0) is 16.8. The highest BCUT2D eigenvalue weighted by Gasteiger charge is 2.40. The van der Waals surface area contributed by atoms with Gasteiger partial charge >= 0.3 is 0 Å². The maximum Gasteiger partial charge on any atom is 0.142 e. The Morgan fingerprint density at radius 2 is 1.83 bits per heavy atom. The van der Waals surface area contributed by atoms with Crippen molar-refractivity contribution in [2.45, 2.75) is 18.4 Å². The van der Waals surface area contributed by atoms with Gasteiger partial charge in [0.1, 0.15) is 5.75 Å². The van der Waals surface area contributed by atoms with Crippen molar-refractivity contribution in [1.82, 2.24) is 0 Å². The topological polar surface area (TPSA) is 21.3 Å². The first-order valence-electron chi connectivity index (χ1n) is 7.84. The van der Waals surface area contributed by atoms with E-state index in [1.54, 1.807) is 7.11 Å². The summed E-state index contributed by atoms with van der Waals surface area (Å²) in [6.45, 7) is 0. The zero-order valence-electron chi connectivity index (χ0n) is 13.0. The van der Waals surface area contributed by atoms with Gasteiger partial charge in [-0.1, -0.05) is 53.0 Å². The summed E-state index contributed by atoms with van der Waals surface area (Å²) >= 11 is 18.8. The molecule has 124 valence electrons. The summed E-state index contributed by atoms with van der Waals surface area (Å²) in [6.07, 6.45) is 5.47. The van der Waals surface area contributed by atoms with Crippen LogP contribution in [0.2, 0.25) is 15.1 Å². The molecule has 0 unspecified atom stereocenters. The van der Waals surface area contributed by atoms with Crippen LogP contribution in [-0.2, 0) is 0 Å². The summed E-state index contributed by atoms with van der Waals surface area (Å²) in [5.41, 5.74) is 3.20. The van der Waals surface area contributed by atoms with Crippen molar-refractivity contribution in [3.63, 3.8) is 0 Å². The minimum atomic E-state index is 0.125. The molecule has 2 nitrogen and oxygen atoms in total. The van der Waals surface area contributed by atoms with Crippen molar-refractivity contribution >= 4 is 40.5 Å². The molecule has 1 N–H and O–H groups in total. The van der Waals surface area contributed by atoms with Crippen LogP contribution in [0.3, 0.4) is 0 Å². The Balaban J connectivity index is 1.85. The van der Waals surface area contributed by atoms with Gasteiger partial charge in [-0.25, -0.2) is 0 Å². The SMILES string of the molecule is COc1ccc(Cl)c2c1N[C@H](c1ccc(Cl)c(Cl)c1)[C@@H]1CC=C[C@@H]21. The second kappa shape index (κ2) is 6.18. The Kier molecular flexibility index (Phi) is 4.16. The van der Waals surface area contributed by atoms with Crippen LogP contribution in [0.4, 0.5) is 5.69 Å². The molecular formula is C19H16Cl3NO. The monoisotopic (exact) mass is 379 g/mol. The van der Waals surface area contributed by atoms with Crippen LogP contribution in [0, 0.1) is 5.92 Å². The summed E-state index contributed by atoms with van der Waals surface area (Å²) in [6, 6.07) is 9.76. The molecule has 1 heterocycles. The first-order chi connectivity index (χ1) is 11.6. The van der Waals surface area contributed by atoms with E-state index in [4.69, 9.17) is 39.5 Å². The van der Waals surface area contributed by atoms with Crippen LogP contribution in [0.15, 0.2) is 42.5 Å². The van der Waals surface area contributed by atoms with Crippen molar-refractivity contribution in [2.75, 3.05) is 12.4 Å². The number of halogens is 3. The zero-order valence-corrected chi connectivity index (χ0v) is 15.3. The molecule has 0 saturated carbocycles. The van der Waals surface area contributed by atoms with E-state index in [0.29, 0.717) is 16.0 Å². The molecule has 0 saturated heterocycles. The summed E-state index contributed by atoms with van der Waals surface area (Å²) in [5.74, 6) is 1.46. The lowest BCUT2D eigenvalue weighted by molar-refractivity contribution is 0.397. The van der Waals surface area contributed by atoms with E-state index < -0.39 is 0 Å². The number of anilines is 1. The Bertz CT molecular complexity index is 834. The molecule has 0 spiro atoms. The molecule has 0 fully saturated rings. The highest BCUT2D eigenvalue weighted by atomic mass is 35.5. The first-order valence-corrected chi connectivity index (χ1v) is 8.98. The van der Waals surface area contributed by atoms with E-state index in [1.165, 1.54) is 0 Å². The van der Waals surface area contributed by atoms with Gasteiger partial charge in [-0.15, -0.1) is 0 Å². The molecule has 1 aliphatic carbocycles. The molecule has 2 aromatic carbocycles. The average molecular weight is 381 g/mol. The molecule has 0 bridgehead atoms. The van der Waals surface area contributed by atoms with E-state index in [9.17, 15) is 0 Å². The smallest absolute Gasteiger partial charge is 0.142 e. The molecule has 2 aromatic rings. The largest absolute Gasteiger partial charge is 0.495 e. The fourth-order valence-corrected chi connectivity index (χ4v) is 4.43. The van der Waals surface area contributed by atoms with Crippen molar-refractivity contribution < 1.29 is 4.74 Å². The minimum absolute atomic E-state index is 0.125. The number of nitrogens with one attached hydrogen (secondary N) is 1. The summed E-state index contributed by atoms with van der Waals surface area (Å²) < 4.78 is 5.55. The number of benzene rings is 2. The fourth-order valence-electron chi connectivity index (χ4n) is 3.84. The van der Waals surface area contributed by atoms with Gasteiger partial charge < -0.3 is 10.1 Å². The fraction of sp³-hybridized carbons (Fsp3) is 0.263. The molecule has 0 amide bonds. The lowest BCUT2D eigenvalue weighted by atomic mass is 9.77. The molecule has 5 heteroatoms. The third-order valence-corrected chi connectivity index (χ3v) is 6.02. The van der Waals surface area contributed by atoms with Crippen LogP contribution >= 0.6 is 34.8 Å². The van der Waals surface area contributed by atoms with Gasteiger partial charge in [-0.2, -0.15) is 0 Å². The predicted octanol–water partition coefficient (Wildman–Crippen LogP) is 6.48. The molecule has 0 radical (unpaired) electrons. The van der Waals surface area contributed by atoms with E-state index >= 15 is 0 Å². The highest BCUT2D eigenvalue weighted by Crippen LogP contribution is 2.54. The van der Waals surface area contributed by atoms with E-state index in [1.807, 2.05) is 30.3 Å². The van der Waals surface area contributed by atoms with Crippen molar-refractivity contribution in [2.24, 2.45) is 5.92 Å². The van der Waals surface area contributed by atoms with Gasteiger partial charge in [0.2, 0.25) is 0 Å². The number of methoxy groups -OCH3 is 1. The number of hydrogen-bond acceptors (Lipinski definition) is 2. The van der Waals surface area contributed by atoms with Gasteiger partial charge in [0.15, 0.2) is 0 Å². The Labute approximate surface area is 156 Å². The number of rotatable bonds is 2. The Morgan fingerprint density at radius 3 is 2.58 bits per heavy atom. The average Bonchev–Trinajstić information content (AvgIpc) is 3.06. The van der Waals surface area contributed by atoms with E-state index in [2.05, 4.69) is 17.5 Å². The normalized spacial score (nSPS) is 24.2. The quantitative estimate of drug-likeness (QED) is 0.602. The minimum Gasteiger partial charge on any atom is -0.495 e. The maximum absolute atomic E-state index is 6.51. The molecule has 4 rings (SSSR count). The van der Waals surface area contributed by atoms with E-state index in [0.717, 1.165) is 34.0 Å². The molecule has 0 aromatic heterocycles. The lowest BCUT2D eigenvalue weighted by Gasteiger charge is -2.38. The molecule has 3 atom stereocenters. The number of hydrogen-bond donors (Lipinski definition) is 1. The van der Waals surface area contributed by atoms with Crippen molar-refractivity contribution in [3.8, 4) is 5.75 Å². The molecule has 1 aliphatic heterocycles. The van der Waals surface area contributed by atoms with Crippen LogP contribution in [0.25, 0.3) is 0 Å². The van der Waals surface area contributed by atoms with Gasteiger partial charge in [0.05, 0.1) is 28.9 Å². The first kappa shape index (κ1) is 16.1. The van der Waals surface area contributed by atoms with Crippen LogP contribution in [0.1, 0.15) is 29.5 Å². The second-order valence-electron chi connectivity index (χ2n) is 6.19. The molecular weight excluding hydrogens is 365 g/mol. The van der Waals surface area contributed by atoms with Crippen LogP contribution in [-0.4, -0.2) is 7.11 Å². The van der Waals surface area contributed by atoms with E-state index in [-0.39, 0.29) is 12.0 Å². The standard InChI is InChI=1S/C19H16Cl3NO/c1-24-16-8-7-14(21)17-11-3-2-4-12(11)18(23-19(16)17)10-5-6-13(20)15(22)9-10/h2-3,5-9,11-12,18,23H,4H2,1H3/t11-,12-,18-/m1/s1. The Hall–Kier alpha value is -1.35. The second-order valence-corrected chi connectivity index (χ2v) is 7.41. The molecule has 24 heavy (non-hydrogen) atoms. The number of allylic oxidation sites excluding steroid dienone is 2. The van der Waals surface area contributed by atoms with Crippen molar-refractivity contribution in [1.29, 1.82) is 0 Å².